The van der Waals surface area contributed by atoms with Crippen molar-refractivity contribution in [1.82, 2.24) is 24.8 Å². The maximum atomic E-state index is 14.0. The third-order valence-corrected chi connectivity index (χ3v) is 6.59. The third kappa shape index (κ3) is 6.26. The number of fused-ring (bicyclic) bond motifs is 1. The molecule has 0 atom stereocenters. The van der Waals surface area contributed by atoms with E-state index in [0.29, 0.717) is 16.8 Å². The van der Waals surface area contributed by atoms with E-state index in [0.717, 1.165) is 45.0 Å². The number of halogens is 3. The zero-order valence-corrected chi connectivity index (χ0v) is 21.0. The molecule has 0 saturated carbocycles. The molecule has 0 spiro atoms. The Hall–Kier alpha value is -4.23. The Morgan fingerprint density at radius 3 is 2.51 bits per heavy atom. The number of H-pyrrole nitrogens is 1. The lowest BCUT2D eigenvalue weighted by molar-refractivity contribution is -0.385. The smallest absolute Gasteiger partial charge is 0.416 e. The van der Waals surface area contributed by atoms with Gasteiger partial charge in [-0.1, -0.05) is 13.0 Å². The fourth-order valence-corrected chi connectivity index (χ4v) is 4.47. The van der Waals surface area contributed by atoms with Crippen molar-refractivity contribution < 1.29 is 22.8 Å². The molecule has 0 radical (unpaired) electrons. The number of imidazole rings is 1. The molecule has 10 nitrogen and oxygen atoms in total. The van der Waals surface area contributed by atoms with Gasteiger partial charge >= 0.3 is 6.18 Å². The first-order valence-electron chi connectivity index (χ1n) is 12.4. The number of rotatable bonds is 8. The van der Waals surface area contributed by atoms with Gasteiger partial charge in [-0.05, 0) is 36.4 Å². The van der Waals surface area contributed by atoms with Crippen LogP contribution in [0.2, 0.25) is 0 Å². The summed E-state index contributed by atoms with van der Waals surface area (Å²) in [7, 11) is 0. The number of nitro groups is 1. The van der Waals surface area contributed by atoms with Crippen LogP contribution in [0.15, 0.2) is 54.7 Å². The molecule has 0 aliphatic carbocycles. The second-order valence-electron chi connectivity index (χ2n) is 9.18. The summed E-state index contributed by atoms with van der Waals surface area (Å²) in [6, 6.07) is 11.9. The SMILES string of the molecule is CCN1CCN(Cc2ccc(Nc3nc4ccc(Oc5ccc([N+](=O)[O-])cn5)cc4[nH]3)cc2C(F)(F)F)CC1. The van der Waals surface area contributed by atoms with E-state index in [9.17, 15) is 23.3 Å². The summed E-state index contributed by atoms with van der Waals surface area (Å²) in [5.41, 5.74) is 0.819. The number of pyridine rings is 1. The number of nitrogens with one attached hydrogen (secondary N) is 2. The number of piperazine rings is 1. The maximum absolute atomic E-state index is 14.0. The number of alkyl halides is 3. The van der Waals surface area contributed by atoms with Crippen molar-refractivity contribution in [1.29, 1.82) is 0 Å². The standard InChI is InChI=1S/C26H26F3N7O3/c1-2-34-9-11-35(12-10-34)16-17-3-4-18(13-21(17)26(27,28)29)31-25-32-22-7-6-20(14-23(22)33-25)39-24-8-5-19(15-30-24)36(37)38/h3-8,13-15H,2,9-12,16H2,1H3,(H2,31,32,33). The van der Waals surface area contributed by atoms with Gasteiger partial charge in [-0.15, -0.1) is 0 Å². The number of likely N-dealkylation sites (N-methyl/N-ethyl adjacent to an activating group) is 1. The van der Waals surface area contributed by atoms with Crippen LogP contribution in [0.4, 0.5) is 30.5 Å². The first-order valence-corrected chi connectivity index (χ1v) is 12.4. The second-order valence-corrected chi connectivity index (χ2v) is 9.18. The van der Waals surface area contributed by atoms with Crippen LogP contribution in [0, 0.1) is 10.1 Å². The fraction of sp³-hybridized carbons (Fsp3) is 0.308. The minimum Gasteiger partial charge on any atom is -0.439 e. The minimum atomic E-state index is -4.50. The summed E-state index contributed by atoms with van der Waals surface area (Å²) in [6.07, 6.45) is -3.40. The molecule has 0 unspecified atom stereocenters. The molecule has 4 aromatic rings. The van der Waals surface area contributed by atoms with Crippen LogP contribution in [0.25, 0.3) is 11.0 Å². The lowest BCUT2D eigenvalue weighted by atomic mass is 10.0. The van der Waals surface area contributed by atoms with E-state index in [1.54, 1.807) is 24.3 Å². The molecular weight excluding hydrogens is 515 g/mol. The van der Waals surface area contributed by atoms with Gasteiger partial charge in [0.05, 0.1) is 21.5 Å². The van der Waals surface area contributed by atoms with Crippen LogP contribution in [0.1, 0.15) is 18.1 Å². The van der Waals surface area contributed by atoms with Crippen LogP contribution in [-0.2, 0) is 12.7 Å². The van der Waals surface area contributed by atoms with Crippen LogP contribution in [0.3, 0.4) is 0 Å². The van der Waals surface area contributed by atoms with E-state index in [4.69, 9.17) is 4.74 Å². The molecule has 1 aliphatic rings. The molecule has 1 fully saturated rings. The molecule has 1 aliphatic heterocycles. The number of aromatic amines is 1. The van der Waals surface area contributed by atoms with Crippen molar-refractivity contribution in [3.63, 3.8) is 0 Å². The summed E-state index contributed by atoms with van der Waals surface area (Å²) < 4.78 is 47.5. The van der Waals surface area contributed by atoms with E-state index in [1.807, 2.05) is 0 Å². The van der Waals surface area contributed by atoms with Gasteiger partial charge in [-0.2, -0.15) is 13.2 Å². The number of hydrogen-bond donors (Lipinski definition) is 2. The Balaban J connectivity index is 1.31. The Morgan fingerprint density at radius 2 is 1.85 bits per heavy atom. The number of anilines is 2. The zero-order valence-electron chi connectivity index (χ0n) is 21.0. The first kappa shape index (κ1) is 26.4. The van der Waals surface area contributed by atoms with E-state index < -0.39 is 16.7 Å². The fourth-order valence-electron chi connectivity index (χ4n) is 4.47. The average molecular weight is 542 g/mol. The van der Waals surface area contributed by atoms with Crippen molar-refractivity contribution in [2.24, 2.45) is 0 Å². The van der Waals surface area contributed by atoms with Gasteiger partial charge in [-0.25, -0.2) is 9.97 Å². The van der Waals surface area contributed by atoms with Gasteiger partial charge in [0.2, 0.25) is 11.8 Å². The van der Waals surface area contributed by atoms with Crippen molar-refractivity contribution in [3.05, 3.63) is 76.0 Å². The highest BCUT2D eigenvalue weighted by Gasteiger charge is 2.34. The van der Waals surface area contributed by atoms with Gasteiger partial charge in [-0.3, -0.25) is 15.0 Å². The number of ether oxygens (including phenoxy) is 1. The van der Waals surface area contributed by atoms with Crippen molar-refractivity contribution >= 4 is 28.4 Å². The predicted molar refractivity (Wildman–Crippen MR) is 139 cm³/mol. The molecular formula is C26H26F3N7O3. The van der Waals surface area contributed by atoms with E-state index >= 15 is 0 Å². The van der Waals surface area contributed by atoms with Crippen LogP contribution < -0.4 is 10.1 Å². The molecule has 3 heterocycles. The van der Waals surface area contributed by atoms with E-state index in [1.165, 1.54) is 18.2 Å². The molecule has 204 valence electrons. The third-order valence-electron chi connectivity index (χ3n) is 6.59. The highest BCUT2D eigenvalue weighted by atomic mass is 19.4. The number of benzene rings is 2. The van der Waals surface area contributed by atoms with E-state index in [-0.39, 0.29) is 35.3 Å². The first-order chi connectivity index (χ1) is 18.7. The van der Waals surface area contributed by atoms with Crippen molar-refractivity contribution in [2.75, 3.05) is 38.0 Å². The average Bonchev–Trinajstić information content (AvgIpc) is 3.31. The minimum absolute atomic E-state index is 0.154. The number of nitrogens with zero attached hydrogens (tertiary/aromatic N) is 5. The lowest BCUT2D eigenvalue weighted by Crippen LogP contribution is -2.45. The van der Waals surface area contributed by atoms with Gasteiger partial charge in [0, 0.05) is 56.6 Å². The topological polar surface area (TPSA) is 112 Å². The summed E-state index contributed by atoms with van der Waals surface area (Å²) >= 11 is 0. The van der Waals surface area contributed by atoms with Crippen molar-refractivity contribution in [2.45, 2.75) is 19.6 Å². The summed E-state index contributed by atoms with van der Waals surface area (Å²) in [5.74, 6) is 0.847. The molecule has 5 rings (SSSR count). The molecule has 39 heavy (non-hydrogen) atoms. The van der Waals surface area contributed by atoms with Gasteiger partial charge < -0.3 is 19.9 Å². The Morgan fingerprint density at radius 1 is 1.08 bits per heavy atom. The summed E-state index contributed by atoms with van der Waals surface area (Å²) in [5, 5.41) is 13.7. The van der Waals surface area contributed by atoms with Gasteiger partial charge in [0.25, 0.3) is 5.69 Å². The van der Waals surface area contributed by atoms with Crippen LogP contribution in [-0.4, -0.2) is 62.4 Å². The number of aromatic nitrogens is 3. The second kappa shape index (κ2) is 10.9. The molecule has 1 saturated heterocycles. The molecule has 2 aromatic heterocycles. The monoisotopic (exact) mass is 541 g/mol. The van der Waals surface area contributed by atoms with Crippen molar-refractivity contribution in [3.8, 4) is 11.6 Å². The van der Waals surface area contributed by atoms with Crippen LogP contribution in [0.5, 0.6) is 11.6 Å². The van der Waals surface area contributed by atoms with Crippen LogP contribution >= 0.6 is 0 Å². The lowest BCUT2D eigenvalue weighted by Gasteiger charge is -2.34. The summed E-state index contributed by atoms with van der Waals surface area (Å²) in [6.45, 7) is 6.42. The zero-order chi connectivity index (χ0) is 27.6. The highest BCUT2D eigenvalue weighted by molar-refractivity contribution is 5.80. The Bertz CT molecular complexity index is 1470. The predicted octanol–water partition coefficient (Wildman–Crippen LogP) is 5.56. The maximum Gasteiger partial charge on any atom is 0.416 e. The molecule has 13 heteroatoms. The largest absolute Gasteiger partial charge is 0.439 e. The number of hydrogen-bond acceptors (Lipinski definition) is 8. The molecule has 0 amide bonds. The van der Waals surface area contributed by atoms with E-state index in [2.05, 4.69) is 37.0 Å². The highest BCUT2D eigenvalue weighted by Crippen LogP contribution is 2.35. The quantitative estimate of drug-likeness (QED) is 0.220. The Kier molecular flexibility index (Phi) is 7.35. The van der Waals surface area contributed by atoms with Gasteiger partial charge in [0.15, 0.2) is 0 Å². The molecule has 0 bridgehead atoms. The molecule has 2 aromatic carbocycles. The van der Waals surface area contributed by atoms with Gasteiger partial charge in [0.1, 0.15) is 11.9 Å². The molecule has 2 N–H and O–H groups in total. The summed E-state index contributed by atoms with van der Waals surface area (Å²) in [4.78, 5) is 25.9. The normalized spacial score (nSPS) is 15.0. The Labute approximate surface area is 221 Å².